The fraction of sp³-hybridized carbons (Fsp3) is 0.571. The summed E-state index contributed by atoms with van der Waals surface area (Å²) in [6.45, 7) is 4.30. The van der Waals surface area contributed by atoms with Gasteiger partial charge in [-0.1, -0.05) is 49.9 Å². The number of aryl methyl sites for hydroxylation is 1. The van der Waals surface area contributed by atoms with E-state index in [4.69, 9.17) is 11.6 Å². The van der Waals surface area contributed by atoms with Gasteiger partial charge in [-0.05, 0) is 37.6 Å². The molecule has 0 aliphatic heterocycles. The van der Waals surface area contributed by atoms with E-state index < -0.39 is 0 Å². The summed E-state index contributed by atoms with van der Waals surface area (Å²) >= 11 is 6.03. The Bertz CT molecular complexity index is 323. The molecule has 90 valence electrons. The Morgan fingerprint density at radius 3 is 2.62 bits per heavy atom. The van der Waals surface area contributed by atoms with Crippen molar-refractivity contribution < 1.29 is 0 Å². The molecule has 1 rings (SSSR count). The molecule has 0 heterocycles. The van der Waals surface area contributed by atoms with E-state index >= 15 is 0 Å². The van der Waals surface area contributed by atoms with Crippen LogP contribution in [0.2, 0.25) is 5.02 Å². The first-order chi connectivity index (χ1) is 7.69. The molecule has 0 aliphatic carbocycles. The lowest BCUT2D eigenvalue weighted by atomic mass is 9.99. The lowest BCUT2D eigenvalue weighted by Gasteiger charge is -2.17. The molecule has 16 heavy (non-hydrogen) atoms. The van der Waals surface area contributed by atoms with Crippen LogP contribution in [0.25, 0.3) is 0 Å². The summed E-state index contributed by atoms with van der Waals surface area (Å²) in [4.78, 5) is 0. The van der Waals surface area contributed by atoms with Crippen LogP contribution in [0, 0.1) is 6.92 Å². The Morgan fingerprint density at radius 1 is 1.31 bits per heavy atom. The summed E-state index contributed by atoms with van der Waals surface area (Å²) in [6.07, 6.45) is 5.07. The average Bonchev–Trinajstić information content (AvgIpc) is 2.29. The summed E-state index contributed by atoms with van der Waals surface area (Å²) < 4.78 is 0. The van der Waals surface area contributed by atoms with E-state index in [1.54, 1.807) is 0 Å². The number of benzene rings is 1. The van der Waals surface area contributed by atoms with Crippen LogP contribution >= 0.6 is 11.6 Å². The van der Waals surface area contributed by atoms with E-state index in [2.05, 4.69) is 31.3 Å². The van der Waals surface area contributed by atoms with Crippen molar-refractivity contribution in [2.45, 2.75) is 45.6 Å². The third kappa shape index (κ3) is 3.80. The molecule has 1 N–H and O–H groups in total. The molecule has 0 radical (unpaired) electrons. The highest BCUT2D eigenvalue weighted by atomic mass is 35.5. The van der Waals surface area contributed by atoms with Crippen LogP contribution in [-0.4, -0.2) is 7.05 Å². The van der Waals surface area contributed by atoms with E-state index in [-0.39, 0.29) is 0 Å². The Hall–Kier alpha value is -0.530. The Balaban J connectivity index is 2.67. The first-order valence-electron chi connectivity index (χ1n) is 6.12. The predicted octanol–water partition coefficient (Wildman–Crippen LogP) is 4.49. The molecule has 0 bridgehead atoms. The summed E-state index contributed by atoms with van der Waals surface area (Å²) in [7, 11) is 2.03. The largest absolute Gasteiger partial charge is 0.313 e. The second-order valence-corrected chi connectivity index (χ2v) is 4.75. The van der Waals surface area contributed by atoms with Crippen molar-refractivity contribution in [3.8, 4) is 0 Å². The number of unbranched alkanes of at least 4 members (excludes halogenated alkanes) is 2. The quantitative estimate of drug-likeness (QED) is 0.722. The number of rotatable bonds is 6. The lowest BCUT2D eigenvalue weighted by Crippen LogP contribution is -2.16. The third-order valence-corrected chi connectivity index (χ3v) is 3.45. The maximum Gasteiger partial charge on any atom is 0.0435 e. The van der Waals surface area contributed by atoms with Crippen molar-refractivity contribution >= 4 is 11.6 Å². The number of hydrogen-bond donors (Lipinski definition) is 1. The SMILES string of the molecule is CCCCCC(NC)c1ccc(Cl)c(C)c1. The van der Waals surface area contributed by atoms with Gasteiger partial charge in [-0.3, -0.25) is 0 Å². The van der Waals surface area contributed by atoms with Gasteiger partial charge in [-0.15, -0.1) is 0 Å². The minimum absolute atomic E-state index is 0.461. The molecule has 1 nitrogen and oxygen atoms in total. The smallest absolute Gasteiger partial charge is 0.0435 e. The average molecular weight is 240 g/mol. The molecule has 0 saturated carbocycles. The second kappa shape index (κ2) is 6.93. The van der Waals surface area contributed by atoms with Crippen LogP contribution in [0.5, 0.6) is 0 Å². The Kier molecular flexibility index (Phi) is 5.86. The van der Waals surface area contributed by atoms with Gasteiger partial charge < -0.3 is 5.32 Å². The van der Waals surface area contributed by atoms with Gasteiger partial charge in [0.15, 0.2) is 0 Å². The van der Waals surface area contributed by atoms with Crippen LogP contribution in [0.1, 0.15) is 49.8 Å². The van der Waals surface area contributed by atoms with Gasteiger partial charge in [0.05, 0.1) is 0 Å². The fourth-order valence-electron chi connectivity index (χ4n) is 1.96. The van der Waals surface area contributed by atoms with E-state index in [9.17, 15) is 0 Å². The minimum atomic E-state index is 0.461. The van der Waals surface area contributed by atoms with Crippen molar-refractivity contribution in [1.29, 1.82) is 0 Å². The molecule has 2 heteroatoms. The molecule has 1 unspecified atom stereocenters. The maximum absolute atomic E-state index is 6.03. The van der Waals surface area contributed by atoms with Crippen molar-refractivity contribution in [3.05, 3.63) is 34.3 Å². The van der Waals surface area contributed by atoms with Gasteiger partial charge in [-0.25, -0.2) is 0 Å². The third-order valence-electron chi connectivity index (χ3n) is 3.03. The Labute approximate surface area is 104 Å². The normalized spacial score (nSPS) is 12.8. The van der Waals surface area contributed by atoms with E-state index in [1.807, 2.05) is 13.1 Å². The van der Waals surface area contributed by atoms with Gasteiger partial charge in [0, 0.05) is 11.1 Å². The van der Waals surface area contributed by atoms with E-state index in [0.29, 0.717) is 6.04 Å². The molecular formula is C14H22ClN. The number of halogens is 1. The highest BCUT2D eigenvalue weighted by Crippen LogP contribution is 2.24. The van der Waals surface area contributed by atoms with Gasteiger partial charge in [0.1, 0.15) is 0 Å². The summed E-state index contributed by atoms with van der Waals surface area (Å²) in [6, 6.07) is 6.77. The van der Waals surface area contributed by atoms with Crippen LogP contribution in [-0.2, 0) is 0 Å². The molecule has 1 aromatic rings. The van der Waals surface area contributed by atoms with E-state index in [0.717, 1.165) is 10.6 Å². The van der Waals surface area contributed by atoms with Crippen LogP contribution in [0.3, 0.4) is 0 Å². The van der Waals surface area contributed by atoms with Gasteiger partial charge in [-0.2, -0.15) is 0 Å². The molecule has 0 saturated heterocycles. The Morgan fingerprint density at radius 2 is 2.06 bits per heavy atom. The molecular weight excluding hydrogens is 218 g/mol. The second-order valence-electron chi connectivity index (χ2n) is 4.35. The summed E-state index contributed by atoms with van der Waals surface area (Å²) in [5, 5.41) is 4.23. The molecule has 0 spiro atoms. The molecule has 1 atom stereocenters. The summed E-state index contributed by atoms with van der Waals surface area (Å²) in [5.41, 5.74) is 2.51. The van der Waals surface area contributed by atoms with Crippen molar-refractivity contribution in [3.63, 3.8) is 0 Å². The van der Waals surface area contributed by atoms with Crippen molar-refractivity contribution in [2.24, 2.45) is 0 Å². The zero-order valence-electron chi connectivity index (χ0n) is 10.5. The molecule has 0 amide bonds. The predicted molar refractivity (Wildman–Crippen MR) is 72.1 cm³/mol. The standard InChI is InChI=1S/C14H22ClN/c1-4-5-6-7-14(16-3)12-8-9-13(15)11(2)10-12/h8-10,14,16H,4-7H2,1-3H3. The van der Waals surface area contributed by atoms with Crippen molar-refractivity contribution in [2.75, 3.05) is 7.05 Å². The first-order valence-corrected chi connectivity index (χ1v) is 6.50. The summed E-state index contributed by atoms with van der Waals surface area (Å²) in [5.74, 6) is 0. The maximum atomic E-state index is 6.03. The van der Waals surface area contributed by atoms with Crippen LogP contribution in [0.15, 0.2) is 18.2 Å². The first kappa shape index (κ1) is 13.5. The molecule has 1 aromatic carbocycles. The topological polar surface area (TPSA) is 12.0 Å². The van der Waals surface area contributed by atoms with Crippen molar-refractivity contribution in [1.82, 2.24) is 5.32 Å². The van der Waals surface area contributed by atoms with Crippen LogP contribution < -0.4 is 5.32 Å². The molecule has 0 aliphatic rings. The van der Waals surface area contributed by atoms with Gasteiger partial charge in [0.2, 0.25) is 0 Å². The van der Waals surface area contributed by atoms with E-state index in [1.165, 1.54) is 31.2 Å². The van der Waals surface area contributed by atoms with Gasteiger partial charge in [0.25, 0.3) is 0 Å². The minimum Gasteiger partial charge on any atom is -0.313 e. The number of hydrogen-bond acceptors (Lipinski definition) is 1. The lowest BCUT2D eigenvalue weighted by molar-refractivity contribution is 0.512. The van der Waals surface area contributed by atoms with Crippen LogP contribution in [0.4, 0.5) is 0 Å². The highest BCUT2D eigenvalue weighted by molar-refractivity contribution is 6.31. The molecule has 0 aromatic heterocycles. The van der Waals surface area contributed by atoms with Gasteiger partial charge >= 0.3 is 0 Å². The zero-order valence-corrected chi connectivity index (χ0v) is 11.3. The monoisotopic (exact) mass is 239 g/mol. The number of nitrogens with one attached hydrogen (secondary N) is 1. The highest BCUT2D eigenvalue weighted by Gasteiger charge is 2.09. The zero-order chi connectivity index (χ0) is 12.0. The molecule has 0 fully saturated rings. The fourth-order valence-corrected chi connectivity index (χ4v) is 2.08.